The smallest absolute Gasteiger partial charge is 0.272 e. The van der Waals surface area contributed by atoms with E-state index >= 15 is 0 Å². The second-order valence-corrected chi connectivity index (χ2v) is 6.09. The van der Waals surface area contributed by atoms with Crippen LogP contribution in [-0.2, 0) is 13.1 Å². The molecule has 2 aromatic rings. The molecule has 0 saturated carbocycles. The van der Waals surface area contributed by atoms with Crippen LogP contribution in [0.1, 0.15) is 28.5 Å². The number of hydrogen-bond acceptors (Lipinski definition) is 3. The van der Waals surface area contributed by atoms with Crippen molar-refractivity contribution in [1.82, 2.24) is 19.6 Å². The summed E-state index contributed by atoms with van der Waals surface area (Å²) in [5, 5.41) is 4.19. The molecule has 2 heterocycles. The average Bonchev–Trinajstić information content (AvgIpc) is 3.06. The van der Waals surface area contributed by atoms with Gasteiger partial charge in [0, 0.05) is 45.5 Å². The summed E-state index contributed by atoms with van der Waals surface area (Å²) in [5.41, 5.74) is 3.32. The molecule has 3 rings (SSSR count). The number of aryl methyl sites for hydroxylation is 2. The maximum atomic E-state index is 12.6. The Labute approximate surface area is 137 Å². The van der Waals surface area contributed by atoms with E-state index in [4.69, 9.17) is 0 Å². The van der Waals surface area contributed by atoms with Crippen molar-refractivity contribution in [3.63, 3.8) is 0 Å². The third kappa shape index (κ3) is 3.62. The van der Waals surface area contributed by atoms with E-state index in [2.05, 4.69) is 41.2 Å². The van der Waals surface area contributed by atoms with Gasteiger partial charge in [0.05, 0.1) is 0 Å². The minimum atomic E-state index is 0.0966. The highest BCUT2D eigenvalue weighted by Crippen LogP contribution is 2.12. The van der Waals surface area contributed by atoms with E-state index < -0.39 is 0 Å². The largest absolute Gasteiger partial charge is 0.335 e. The number of rotatable bonds is 4. The molecule has 0 aliphatic carbocycles. The lowest BCUT2D eigenvalue weighted by molar-refractivity contribution is 0.0616. The first-order chi connectivity index (χ1) is 11.2. The fraction of sp³-hybridized carbons (Fsp3) is 0.444. The van der Waals surface area contributed by atoms with E-state index in [1.54, 1.807) is 10.9 Å². The van der Waals surface area contributed by atoms with Gasteiger partial charge in [0.25, 0.3) is 5.91 Å². The Hall–Kier alpha value is -2.14. The van der Waals surface area contributed by atoms with Gasteiger partial charge in [-0.1, -0.05) is 29.8 Å². The van der Waals surface area contributed by atoms with Crippen molar-refractivity contribution in [3.05, 3.63) is 53.3 Å². The molecule has 122 valence electrons. The van der Waals surface area contributed by atoms with E-state index in [0.717, 1.165) is 39.3 Å². The summed E-state index contributed by atoms with van der Waals surface area (Å²) in [6.45, 7) is 9.17. The van der Waals surface area contributed by atoms with E-state index in [9.17, 15) is 4.79 Å². The van der Waals surface area contributed by atoms with Crippen molar-refractivity contribution in [3.8, 4) is 0 Å². The second kappa shape index (κ2) is 6.96. The molecule has 0 bridgehead atoms. The molecule has 1 fully saturated rings. The first kappa shape index (κ1) is 15.7. The Kier molecular flexibility index (Phi) is 4.76. The lowest BCUT2D eigenvalue weighted by Gasteiger charge is -2.34. The Balaban J connectivity index is 1.56. The number of carbonyl (C=O) groups excluding carboxylic acids is 1. The summed E-state index contributed by atoms with van der Waals surface area (Å²) in [6, 6.07) is 10.5. The van der Waals surface area contributed by atoms with Crippen molar-refractivity contribution in [2.24, 2.45) is 0 Å². The molecule has 0 unspecified atom stereocenters. The predicted molar refractivity (Wildman–Crippen MR) is 90.3 cm³/mol. The standard InChI is InChI=1S/C18H24N4O/c1-3-22-17(8-9-19-22)18(23)21-12-10-20(11-13-21)14-16-6-4-15(2)5-7-16/h4-9H,3,10-14H2,1-2H3. The molecular formula is C18H24N4O. The monoisotopic (exact) mass is 312 g/mol. The average molecular weight is 312 g/mol. The molecule has 1 aromatic heterocycles. The van der Waals surface area contributed by atoms with Crippen LogP contribution in [0.3, 0.4) is 0 Å². The van der Waals surface area contributed by atoms with E-state index in [-0.39, 0.29) is 5.91 Å². The summed E-state index contributed by atoms with van der Waals surface area (Å²) >= 11 is 0. The third-order valence-corrected chi connectivity index (χ3v) is 4.42. The van der Waals surface area contributed by atoms with Gasteiger partial charge in [-0.05, 0) is 25.5 Å². The zero-order valence-electron chi connectivity index (χ0n) is 13.9. The molecule has 5 heteroatoms. The lowest BCUT2D eigenvalue weighted by Crippen LogP contribution is -2.48. The predicted octanol–water partition coefficient (Wildman–Crippen LogP) is 2.17. The van der Waals surface area contributed by atoms with Gasteiger partial charge >= 0.3 is 0 Å². The summed E-state index contributed by atoms with van der Waals surface area (Å²) < 4.78 is 1.76. The van der Waals surface area contributed by atoms with Crippen LogP contribution in [0.4, 0.5) is 0 Å². The highest BCUT2D eigenvalue weighted by Gasteiger charge is 2.24. The van der Waals surface area contributed by atoms with Crippen molar-refractivity contribution in [2.45, 2.75) is 26.9 Å². The van der Waals surface area contributed by atoms with Crippen molar-refractivity contribution in [1.29, 1.82) is 0 Å². The maximum absolute atomic E-state index is 12.6. The third-order valence-electron chi connectivity index (χ3n) is 4.42. The summed E-state index contributed by atoms with van der Waals surface area (Å²) in [6.07, 6.45) is 1.70. The topological polar surface area (TPSA) is 41.4 Å². The van der Waals surface area contributed by atoms with Crippen LogP contribution in [0.25, 0.3) is 0 Å². The lowest BCUT2D eigenvalue weighted by atomic mass is 10.1. The van der Waals surface area contributed by atoms with E-state index in [1.807, 2.05) is 17.9 Å². The fourth-order valence-electron chi connectivity index (χ4n) is 2.99. The van der Waals surface area contributed by atoms with Crippen LogP contribution in [0.5, 0.6) is 0 Å². The van der Waals surface area contributed by atoms with Crippen molar-refractivity contribution < 1.29 is 4.79 Å². The van der Waals surface area contributed by atoms with Gasteiger partial charge < -0.3 is 4.90 Å². The molecular weight excluding hydrogens is 288 g/mol. The van der Waals surface area contributed by atoms with Crippen LogP contribution in [0.2, 0.25) is 0 Å². The molecule has 0 radical (unpaired) electrons. The van der Waals surface area contributed by atoms with Gasteiger partial charge in [-0.3, -0.25) is 14.4 Å². The van der Waals surface area contributed by atoms with E-state index in [0.29, 0.717) is 5.69 Å². The van der Waals surface area contributed by atoms with Crippen LogP contribution >= 0.6 is 0 Å². The quantitative estimate of drug-likeness (QED) is 0.869. The highest BCUT2D eigenvalue weighted by atomic mass is 16.2. The SMILES string of the molecule is CCn1nccc1C(=O)N1CCN(Cc2ccc(C)cc2)CC1. The van der Waals surface area contributed by atoms with Crippen LogP contribution in [-0.4, -0.2) is 51.7 Å². The minimum absolute atomic E-state index is 0.0966. The number of piperazine rings is 1. The Bertz CT molecular complexity index is 654. The Morgan fingerprint density at radius 3 is 2.43 bits per heavy atom. The number of amides is 1. The zero-order chi connectivity index (χ0) is 16.2. The zero-order valence-corrected chi connectivity index (χ0v) is 13.9. The first-order valence-electron chi connectivity index (χ1n) is 8.26. The summed E-state index contributed by atoms with van der Waals surface area (Å²) in [4.78, 5) is 16.9. The Morgan fingerprint density at radius 1 is 1.09 bits per heavy atom. The summed E-state index contributed by atoms with van der Waals surface area (Å²) in [7, 11) is 0. The van der Waals surface area contributed by atoms with Gasteiger partial charge in [-0.2, -0.15) is 5.10 Å². The molecule has 0 N–H and O–H groups in total. The van der Waals surface area contributed by atoms with Gasteiger partial charge in [0.2, 0.25) is 0 Å². The van der Waals surface area contributed by atoms with Crippen molar-refractivity contribution >= 4 is 5.91 Å². The molecule has 1 aliphatic rings. The Morgan fingerprint density at radius 2 is 1.78 bits per heavy atom. The van der Waals surface area contributed by atoms with E-state index in [1.165, 1.54) is 11.1 Å². The van der Waals surface area contributed by atoms with Gasteiger partial charge in [0.15, 0.2) is 0 Å². The van der Waals surface area contributed by atoms with Crippen LogP contribution < -0.4 is 0 Å². The van der Waals surface area contributed by atoms with Crippen LogP contribution in [0, 0.1) is 6.92 Å². The first-order valence-corrected chi connectivity index (χ1v) is 8.26. The fourth-order valence-corrected chi connectivity index (χ4v) is 2.99. The number of aromatic nitrogens is 2. The van der Waals surface area contributed by atoms with Gasteiger partial charge in [0.1, 0.15) is 5.69 Å². The molecule has 0 atom stereocenters. The second-order valence-electron chi connectivity index (χ2n) is 6.09. The molecule has 1 aromatic carbocycles. The normalized spacial score (nSPS) is 15.8. The molecule has 1 saturated heterocycles. The molecule has 5 nitrogen and oxygen atoms in total. The number of benzene rings is 1. The summed E-state index contributed by atoms with van der Waals surface area (Å²) in [5.74, 6) is 0.0966. The molecule has 23 heavy (non-hydrogen) atoms. The number of nitrogens with zero attached hydrogens (tertiary/aromatic N) is 4. The van der Waals surface area contributed by atoms with Gasteiger partial charge in [-0.15, -0.1) is 0 Å². The van der Waals surface area contributed by atoms with Gasteiger partial charge in [-0.25, -0.2) is 0 Å². The van der Waals surface area contributed by atoms with Crippen molar-refractivity contribution in [2.75, 3.05) is 26.2 Å². The van der Waals surface area contributed by atoms with Crippen LogP contribution in [0.15, 0.2) is 36.5 Å². The molecule has 0 spiro atoms. The molecule has 1 aliphatic heterocycles. The molecule has 1 amide bonds. The highest BCUT2D eigenvalue weighted by molar-refractivity contribution is 5.92. The minimum Gasteiger partial charge on any atom is -0.335 e. The number of hydrogen-bond donors (Lipinski definition) is 0. The maximum Gasteiger partial charge on any atom is 0.272 e. The number of carbonyl (C=O) groups is 1.